The molecule has 3 aromatic carbocycles. The SMILES string of the molecule is O=C(CCCCCCCCCCN1c2ccccc2C(C(=O)Oc2c(Br)cccc2Br)c2c(OS(=O)(=O)C(F)(F)F)cccc21)ON1C(=O)CCC1=O. The summed E-state index contributed by atoms with van der Waals surface area (Å²) in [5.41, 5.74) is -4.46. The van der Waals surface area contributed by atoms with E-state index in [2.05, 4.69) is 31.9 Å². The molecule has 3 aromatic rings. The van der Waals surface area contributed by atoms with E-state index in [-0.39, 0.29) is 30.6 Å². The lowest BCUT2D eigenvalue weighted by Gasteiger charge is -2.37. The quantitative estimate of drug-likeness (QED) is 0.0343. The van der Waals surface area contributed by atoms with Gasteiger partial charge < -0.3 is 18.7 Å². The summed E-state index contributed by atoms with van der Waals surface area (Å²) in [5, 5.41) is 0.547. The molecule has 0 bridgehead atoms. The van der Waals surface area contributed by atoms with Crippen molar-refractivity contribution in [3.8, 4) is 11.5 Å². The minimum Gasteiger partial charge on any atom is -0.423 e. The van der Waals surface area contributed by atoms with Crippen molar-refractivity contribution >= 4 is 77.1 Å². The maximum absolute atomic E-state index is 14.0. The maximum Gasteiger partial charge on any atom is 0.534 e. The van der Waals surface area contributed by atoms with Crippen molar-refractivity contribution in [2.45, 2.75) is 82.1 Å². The van der Waals surface area contributed by atoms with E-state index in [9.17, 15) is 40.8 Å². The zero-order valence-corrected chi connectivity index (χ0v) is 32.2. The molecule has 1 saturated heterocycles. The highest BCUT2D eigenvalue weighted by Gasteiger charge is 2.50. The van der Waals surface area contributed by atoms with E-state index in [1.807, 2.05) is 4.90 Å². The first-order chi connectivity index (χ1) is 25.2. The monoisotopic (exact) mass is 886 g/mol. The van der Waals surface area contributed by atoms with Gasteiger partial charge in [0.1, 0.15) is 11.7 Å². The molecule has 2 heterocycles. The molecule has 5 rings (SSSR count). The second-order valence-electron chi connectivity index (χ2n) is 12.4. The van der Waals surface area contributed by atoms with Crippen LogP contribution in [0.3, 0.4) is 0 Å². The zero-order valence-electron chi connectivity index (χ0n) is 28.2. The van der Waals surface area contributed by atoms with E-state index in [0.717, 1.165) is 44.6 Å². The van der Waals surface area contributed by atoms with Crippen LogP contribution in [0.2, 0.25) is 0 Å². The second kappa shape index (κ2) is 17.5. The molecular weight excluding hydrogens is 853 g/mol. The molecule has 53 heavy (non-hydrogen) atoms. The summed E-state index contributed by atoms with van der Waals surface area (Å²) in [6, 6.07) is 15.9. The smallest absolute Gasteiger partial charge is 0.423 e. The maximum atomic E-state index is 14.0. The Hall–Kier alpha value is -3.96. The highest BCUT2D eigenvalue weighted by atomic mass is 79.9. The number of fused-ring (bicyclic) bond motifs is 2. The number of para-hydroxylation sites is 2. The lowest BCUT2D eigenvalue weighted by Crippen LogP contribution is -2.33. The Kier molecular flexibility index (Phi) is 13.2. The summed E-state index contributed by atoms with van der Waals surface area (Å²) in [7, 11) is -6.08. The Labute approximate surface area is 321 Å². The van der Waals surface area contributed by atoms with Crippen LogP contribution in [0.4, 0.5) is 24.5 Å². The molecule has 0 spiro atoms. The van der Waals surface area contributed by atoms with Crippen LogP contribution in [-0.2, 0) is 34.1 Å². The second-order valence-corrected chi connectivity index (χ2v) is 15.7. The van der Waals surface area contributed by atoms with Crippen molar-refractivity contribution in [2.24, 2.45) is 0 Å². The highest BCUT2D eigenvalue weighted by Crippen LogP contribution is 2.51. The van der Waals surface area contributed by atoms with Gasteiger partial charge in [-0.3, -0.25) is 14.4 Å². The third-order valence-electron chi connectivity index (χ3n) is 8.71. The number of rotatable bonds is 16. The molecule has 0 N–H and O–H groups in total. The Bertz CT molecular complexity index is 1940. The van der Waals surface area contributed by atoms with Gasteiger partial charge in [0, 0.05) is 42.7 Å². The summed E-state index contributed by atoms with van der Waals surface area (Å²) in [6.45, 7) is 0.404. The molecule has 0 aliphatic carbocycles. The summed E-state index contributed by atoms with van der Waals surface area (Å²) >= 11 is 6.70. The number of imide groups is 1. The number of anilines is 2. The number of hydroxylamine groups is 2. The zero-order chi connectivity index (χ0) is 38.3. The fraction of sp³-hybridized carbons (Fsp3) is 0.389. The summed E-state index contributed by atoms with van der Waals surface area (Å²) in [6.07, 6.45) is 6.58. The van der Waals surface area contributed by atoms with Gasteiger partial charge in [0.2, 0.25) is 0 Å². The van der Waals surface area contributed by atoms with Gasteiger partial charge in [-0.25, -0.2) is 4.79 Å². The van der Waals surface area contributed by atoms with Crippen LogP contribution < -0.4 is 13.8 Å². The van der Waals surface area contributed by atoms with E-state index in [1.54, 1.807) is 48.5 Å². The predicted molar refractivity (Wildman–Crippen MR) is 194 cm³/mol. The number of unbranched alkanes of at least 4 members (excludes halogenated alkanes) is 7. The van der Waals surface area contributed by atoms with Gasteiger partial charge in [0.25, 0.3) is 11.8 Å². The number of amides is 2. The number of carbonyl (C=O) groups is 4. The van der Waals surface area contributed by atoms with Crippen molar-refractivity contribution in [1.29, 1.82) is 0 Å². The first kappa shape index (κ1) is 40.2. The lowest BCUT2D eigenvalue weighted by atomic mass is 9.84. The van der Waals surface area contributed by atoms with Gasteiger partial charge in [0.05, 0.1) is 8.95 Å². The number of esters is 1. The third kappa shape index (κ3) is 9.59. The Balaban J connectivity index is 1.24. The molecule has 11 nitrogen and oxygen atoms in total. The summed E-state index contributed by atoms with van der Waals surface area (Å²) in [5.74, 6) is -4.35. The molecule has 284 valence electrons. The number of alkyl halides is 3. The van der Waals surface area contributed by atoms with Gasteiger partial charge in [0.15, 0.2) is 5.75 Å². The van der Waals surface area contributed by atoms with Gasteiger partial charge >= 0.3 is 27.6 Å². The number of benzene rings is 3. The number of ether oxygens (including phenoxy) is 1. The molecule has 0 radical (unpaired) electrons. The third-order valence-corrected chi connectivity index (χ3v) is 10.9. The minimum absolute atomic E-state index is 0.0431. The minimum atomic E-state index is -6.08. The van der Waals surface area contributed by atoms with E-state index in [0.29, 0.717) is 50.3 Å². The van der Waals surface area contributed by atoms with Crippen LogP contribution >= 0.6 is 31.9 Å². The topological polar surface area (TPSA) is 137 Å². The molecule has 1 unspecified atom stereocenters. The van der Waals surface area contributed by atoms with E-state index < -0.39 is 51.0 Å². The number of hydrogen-bond acceptors (Lipinski definition) is 10. The molecule has 1 fully saturated rings. The number of carbonyl (C=O) groups excluding carboxylic acids is 4. The van der Waals surface area contributed by atoms with Gasteiger partial charge in [-0.15, -0.1) is 5.06 Å². The first-order valence-corrected chi connectivity index (χ1v) is 19.9. The predicted octanol–water partition coefficient (Wildman–Crippen LogP) is 8.75. The molecule has 1 atom stereocenters. The number of halogens is 5. The fourth-order valence-corrected chi connectivity index (χ4v) is 7.83. The van der Waals surface area contributed by atoms with Crippen molar-refractivity contribution in [2.75, 3.05) is 11.4 Å². The number of hydrogen-bond donors (Lipinski definition) is 0. The molecular formula is C36H35Br2F3N2O9S. The summed E-state index contributed by atoms with van der Waals surface area (Å²) in [4.78, 5) is 55.9. The van der Waals surface area contributed by atoms with E-state index in [4.69, 9.17) is 13.8 Å². The van der Waals surface area contributed by atoms with Crippen molar-refractivity contribution in [3.63, 3.8) is 0 Å². The van der Waals surface area contributed by atoms with Crippen LogP contribution in [0.15, 0.2) is 69.6 Å². The van der Waals surface area contributed by atoms with Crippen LogP contribution in [-0.4, -0.2) is 49.3 Å². The number of nitrogens with zero attached hydrogens (tertiary/aromatic N) is 2. The van der Waals surface area contributed by atoms with E-state index in [1.165, 1.54) is 6.07 Å². The summed E-state index contributed by atoms with van der Waals surface area (Å²) < 4.78 is 76.4. The Morgan fingerprint density at radius 2 is 1.34 bits per heavy atom. The van der Waals surface area contributed by atoms with Crippen LogP contribution in [0.25, 0.3) is 0 Å². The standard InChI is InChI=1S/C36H35Br2F3N2O9S/c37-24-14-11-15-25(38)34(24)50-35(47)32-23-13-8-9-16-26(23)42(27-17-12-18-28(33(27)32)52-53(48,49)36(39,40)41)22-10-6-4-2-1-3-5-7-19-31(46)51-43-29(44)20-21-30(43)45/h8-9,11-18,32H,1-7,10,19-22H2. The largest absolute Gasteiger partial charge is 0.534 e. The highest BCUT2D eigenvalue weighted by molar-refractivity contribution is 9.11. The van der Waals surface area contributed by atoms with Crippen molar-refractivity contribution in [3.05, 3.63) is 80.7 Å². The fourth-order valence-electron chi connectivity index (χ4n) is 6.19. The van der Waals surface area contributed by atoms with Gasteiger partial charge in [-0.2, -0.15) is 21.6 Å². The van der Waals surface area contributed by atoms with Gasteiger partial charge in [-0.05, 0) is 80.6 Å². The molecule has 2 aliphatic rings. The lowest BCUT2D eigenvalue weighted by molar-refractivity contribution is -0.197. The first-order valence-electron chi connectivity index (χ1n) is 16.9. The Morgan fingerprint density at radius 3 is 1.98 bits per heavy atom. The molecule has 2 amide bonds. The molecule has 0 aromatic heterocycles. The normalized spacial score (nSPS) is 15.6. The van der Waals surface area contributed by atoms with Crippen LogP contribution in [0.5, 0.6) is 11.5 Å². The van der Waals surface area contributed by atoms with Crippen molar-refractivity contribution < 1.29 is 54.5 Å². The molecule has 2 aliphatic heterocycles. The van der Waals surface area contributed by atoms with E-state index >= 15 is 0 Å². The van der Waals surface area contributed by atoms with Crippen LogP contribution in [0, 0.1) is 0 Å². The van der Waals surface area contributed by atoms with Gasteiger partial charge in [-0.1, -0.05) is 68.9 Å². The molecule has 17 heteroatoms. The average Bonchev–Trinajstić information content (AvgIpc) is 3.41. The van der Waals surface area contributed by atoms with Crippen molar-refractivity contribution in [1.82, 2.24) is 5.06 Å². The molecule has 0 saturated carbocycles. The average molecular weight is 889 g/mol. The van der Waals surface area contributed by atoms with Crippen LogP contribution in [0.1, 0.15) is 87.7 Å². The Morgan fingerprint density at radius 1 is 0.774 bits per heavy atom.